The van der Waals surface area contributed by atoms with Gasteiger partial charge in [-0.2, -0.15) is 23.5 Å². The molecular formula is C13H25N3S2. The summed E-state index contributed by atoms with van der Waals surface area (Å²) in [4.78, 5) is 4.66. The Hall–Kier alpha value is -0.290. The number of aliphatic imine (C=N–C) groups is 1. The summed E-state index contributed by atoms with van der Waals surface area (Å²) in [5.41, 5.74) is 0. The van der Waals surface area contributed by atoms with Gasteiger partial charge in [0.25, 0.3) is 0 Å². The van der Waals surface area contributed by atoms with Crippen LogP contribution in [0.25, 0.3) is 0 Å². The molecule has 1 fully saturated rings. The molecule has 5 heteroatoms. The van der Waals surface area contributed by atoms with Gasteiger partial charge < -0.3 is 10.6 Å². The van der Waals surface area contributed by atoms with Gasteiger partial charge >= 0.3 is 0 Å². The van der Waals surface area contributed by atoms with Crippen LogP contribution in [-0.4, -0.2) is 48.1 Å². The lowest BCUT2D eigenvalue weighted by Gasteiger charge is -2.12. The maximum atomic E-state index is 4.66. The molecule has 1 aliphatic heterocycles. The van der Waals surface area contributed by atoms with Crippen molar-refractivity contribution in [3.63, 3.8) is 0 Å². The van der Waals surface area contributed by atoms with Crippen molar-refractivity contribution >= 4 is 29.5 Å². The fourth-order valence-electron chi connectivity index (χ4n) is 1.73. The van der Waals surface area contributed by atoms with E-state index in [9.17, 15) is 0 Å². The molecule has 0 radical (unpaired) electrons. The molecule has 1 aliphatic rings. The minimum atomic E-state index is 0.732. The Morgan fingerprint density at radius 2 is 2.44 bits per heavy atom. The van der Waals surface area contributed by atoms with Crippen LogP contribution < -0.4 is 10.6 Å². The summed E-state index contributed by atoms with van der Waals surface area (Å²) >= 11 is 3.95. The van der Waals surface area contributed by atoms with Gasteiger partial charge in [0.15, 0.2) is 5.96 Å². The zero-order valence-electron chi connectivity index (χ0n) is 11.3. The van der Waals surface area contributed by atoms with E-state index >= 15 is 0 Å². The second-order valence-corrected chi connectivity index (χ2v) is 6.70. The summed E-state index contributed by atoms with van der Waals surface area (Å²) in [5.74, 6) is 4.38. The molecule has 0 aromatic heterocycles. The van der Waals surface area contributed by atoms with Crippen molar-refractivity contribution in [1.29, 1.82) is 0 Å². The standard InChI is InChI=1S/C13H25N3S2/c1-3-8-17-10-7-15-13(14-4-2)16-11-12-6-5-9-18-12/h3,12H,1,4-11H2,2H3,(H2,14,15,16). The van der Waals surface area contributed by atoms with Crippen molar-refractivity contribution < 1.29 is 0 Å². The van der Waals surface area contributed by atoms with Gasteiger partial charge in [0.1, 0.15) is 0 Å². The highest BCUT2D eigenvalue weighted by Gasteiger charge is 2.14. The maximum absolute atomic E-state index is 4.66. The number of hydrogen-bond donors (Lipinski definition) is 2. The molecule has 0 aliphatic carbocycles. The van der Waals surface area contributed by atoms with Gasteiger partial charge in [0, 0.05) is 29.8 Å². The van der Waals surface area contributed by atoms with Crippen LogP contribution in [0.3, 0.4) is 0 Å². The number of nitrogens with zero attached hydrogens (tertiary/aromatic N) is 1. The molecule has 0 aromatic rings. The molecule has 1 heterocycles. The Kier molecular flexibility index (Phi) is 9.30. The largest absolute Gasteiger partial charge is 0.357 e. The summed E-state index contributed by atoms with van der Waals surface area (Å²) in [6.07, 6.45) is 4.62. The quantitative estimate of drug-likeness (QED) is 0.311. The van der Waals surface area contributed by atoms with Crippen LogP contribution in [0, 0.1) is 0 Å². The normalized spacial score (nSPS) is 19.8. The molecular weight excluding hydrogens is 262 g/mol. The Bertz CT molecular complexity index is 251. The van der Waals surface area contributed by atoms with E-state index in [-0.39, 0.29) is 0 Å². The summed E-state index contributed by atoms with van der Waals surface area (Å²) in [6, 6.07) is 0. The van der Waals surface area contributed by atoms with E-state index in [4.69, 9.17) is 0 Å². The van der Waals surface area contributed by atoms with Gasteiger partial charge in [-0.05, 0) is 25.5 Å². The van der Waals surface area contributed by atoms with E-state index < -0.39 is 0 Å². The first-order valence-electron chi connectivity index (χ1n) is 6.69. The first kappa shape index (κ1) is 15.8. The lowest BCUT2D eigenvalue weighted by molar-refractivity contribution is 0.770. The zero-order chi connectivity index (χ0) is 13.1. The fraction of sp³-hybridized carbons (Fsp3) is 0.769. The van der Waals surface area contributed by atoms with Crippen LogP contribution in [0.4, 0.5) is 0 Å². The van der Waals surface area contributed by atoms with Crippen LogP contribution >= 0.6 is 23.5 Å². The van der Waals surface area contributed by atoms with E-state index in [0.717, 1.165) is 42.3 Å². The summed E-state index contributed by atoms with van der Waals surface area (Å²) in [7, 11) is 0. The third-order valence-corrected chi connectivity index (χ3v) is 4.94. The second-order valence-electron chi connectivity index (χ2n) is 4.15. The average Bonchev–Trinajstić information content (AvgIpc) is 2.88. The van der Waals surface area contributed by atoms with Crippen molar-refractivity contribution in [3.8, 4) is 0 Å². The lowest BCUT2D eigenvalue weighted by Crippen LogP contribution is -2.38. The topological polar surface area (TPSA) is 36.4 Å². The van der Waals surface area contributed by atoms with Crippen LogP contribution in [0.15, 0.2) is 17.6 Å². The predicted octanol–water partition coefficient (Wildman–Crippen LogP) is 2.36. The lowest BCUT2D eigenvalue weighted by atomic mass is 10.2. The molecule has 1 rings (SSSR count). The molecule has 0 saturated carbocycles. The third kappa shape index (κ3) is 7.21. The third-order valence-electron chi connectivity index (χ3n) is 2.60. The van der Waals surface area contributed by atoms with Crippen molar-refractivity contribution in [2.24, 2.45) is 4.99 Å². The number of guanidine groups is 1. The number of hydrogen-bond acceptors (Lipinski definition) is 3. The number of rotatable bonds is 8. The maximum Gasteiger partial charge on any atom is 0.191 e. The SMILES string of the molecule is C=CCSCCNC(=NCC1CCCS1)NCC. The van der Waals surface area contributed by atoms with Crippen LogP contribution in [0.2, 0.25) is 0 Å². The first-order valence-corrected chi connectivity index (χ1v) is 8.89. The Morgan fingerprint density at radius 3 is 3.11 bits per heavy atom. The Morgan fingerprint density at radius 1 is 1.56 bits per heavy atom. The summed E-state index contributed by atoms with van der Waals surface area (Å²) in [6.45, 7) is 8.65. The smallest absolute Gasteiger partial charge is 0.191 e. The Balaban J connectivity index is 2.19. The van der Waals surface area contributed by atoms with E-state index in [1.165, 1.54) is 18.6 Å². The van der Waals surface area contributed by atoms with Gasteiger partial charge in [0.05, 0.1) is 6.54 Å². The zero-order valence-corrected chi connectivity index (χ0v) is 12.9. The van der Waals surface area contributed by atoms with Crippen molar-refractivity contribution in [1.82, 2.24) is 10.6 Å². The van der Waals surface area contributed by atoms with Gasteiger partial charge in [-0.15, -0.1) is 6.58 Å². The van der Waals surface area contributed by atoms with Crippen LogP contribution in [0.1, 0.15) is 19.8 Å². The molecule has 2 N–H and O–H groups in total. The van der Waals surface area contributed by atoms with Crippen LogP contribution in [0.5, 0.6) is 0 Å². The van der Waals surface area contributed by atoms with Crippen molar-refractivity contribution in [2.75, 3.05) is 36.9 Å². The average molecular weight is 287 g/mol. The van der Waals surface area contributed by atoms with Gasteiger partial charge in [-0.3, -0.25) is 4.99 Å². The van der Waals surface area contributed by atoms with Crippen molar-refractivity contribution in [2.45, 2.75) is 25.0 Å². The van der Waals surface area contributed by atoms with E-state index in [1.54, 1.807) is 0 Å². The number of nitrogens with one attached hydrogen (secondary N) is 2. The minimum Gasteiger partial charge on any atom is -0.357 e. The summed E-state index contributed by atoms with van der Waals surface area (Å²) < 4.78 is 0. The minimum absolute atomic E-state index is 0.732. The fourth-order valence-corrected chi connectivity index (χ4v) is 3.49. The molecule has 0 spiro atoms. The molecule has 0 aromatic carbocycles. The second kappa shape index (κ2) is 10.6. The van der Waals surface area contributed by atoms with Crippen LogP contribution in [-0.2, 0) is 0 Å². The molecule has 18 heavy (non-hydrogen) atoms. The highest BCUT2D eigenvalue weighted by molar-refractivity contribution is 8.00. The molecule has 3 nitrogen and oxygen atoms in total. The molecule has 1 unspecified atom stereocenters. The molecule has 0 bridgehead atoms. The van der Waals surface area contributed by atoms with Gasteiger partial charge in [-0.1, -0.05) is 6.08 Å². The van der Waals surface area contributed by atoms with E-state index in [0.29, 0.717) is 0 Å². The molecule has 104 valence electrons. The highest BCUT2D eigenvalue weighted by Crippen LogP contribution is 2.25. The number of thioether (sulfide) groups is 2. The molecule has 1 saturated heterocycles. The highest BCUT2D eigenvalue weighted by atomic mass is 32.2. The molecule has 1 atom stereocenters. The van der Waals surface area contributed by atoms with Gasteiger partial charge in [0.2, 0.25) is 0 Å². The van der Waals surface area contributed by atoms with Gasteiger partial charge in [-0.25, -0.2) is 0 Å². The first-order chi connectivity index (χ1) is 8.86. The monoisotopic (exact) mass is 287 g/mol. The molecule has 0 amide bonds. The Labute approximate surface area is 120 Å². The van der Waals surface area contributed by atoms with E-state index in [2.05, 4.69) is 40.9 Å². The van der Waals surface area contributed by atoms with E-state index in [1.807, 2.05) is 17.8 Å². The predicted molar refractivity (Wildman–Crippen MR) is 87.0 cm³/mol. The van der Waals surface area contributed by atoms with Crippen molar-refractivity contribution in [3.05, 3.63) is 12.7 Å². The summed E-state index contributed by atoms with van der Waals surface area (Å²) in [5, 5.41) is 7.41.